The number of halogens is 4. The average Bonchev–Trinajstić information content (AvgIpc) is 3.13. The van der Waals surface area contributed by atoms with Crippen LogP contribution in [0.3, 0.4) is 0 Å². The Hall–Kier alpha value is -2.27. The van der Waals surface area contributed by atoms with Crippen molar-refractivity contribution in [1.29, 1.82) is 0 Å². The van der Waals surface area contributed by atoms with Crippen LogP contribution in [-0.4, -0.2) is 58.9 Å². The number of rotatable bonds is 5. The van der Waals surface area contributed by atoms with Crippen LogP contribution < -0.4 is 10.2 Å². The highest BCUT2D eigenvalue weighted by atomic mass is 32.1. The maximum absolute atomic E-state index is 13.8. The SMILES string of the molecule is O=C(NCc1ncc(F)cc1F)c1cnc(N2CCC(N3CCC[C@@]4(C3)CC4(F)F)CC2)s1. The van der Waals surface area contributed by atoms with Gasteiger partial charge in [-0.25, -0.2) is 22.5 Å². The second-order valence-corrected chi connectivity index (χ2v) is 10.2. The lowest BCUT2D eigenvalue weighted by Gasteiger charge is -2.42. The lowest BCUT2D eigenvalue weighted by Crippen LogP contribution is -2.49. The van der Waals surface area contributed by atoms with E-state index in [-0.39, 0.29) is 18.7 Å². The highest BCUT2D eigenvalue weighted by Gasteiger charge is 2.71. The molecule has 0 bridgehead atoms. The Balaban J connectivity index is 1.13. The van der Waals surface area contributed by atoms with E-state index < -0.39 is 28.9 Å². The van der Waals surface area contributed by atoms with Gasteiger partial charge in [0.05, 0.1) is 30.0 Å². The molecule has 5 rings (SSSR count). The molecule has 2 aromatic rings. The van der Waals surface area contributed by atoms with Gasteiger partial charge in [0.1, 0.15) is 16.5 Å². The largest absolute Gasteiger partial charge is 0.348 e. The third-order valence-electron chi connectivity index (χ3n) is 7.09. The fraction of sp³-hybridized carbons (Fsp3) is 0.591. The molecule has 1 spiro atoms. The Labute approximate surface area is 193 Å². The van der Waals surface area contributed by atoms with Crippen molar-refractivity contribution >= 4 is 22.4 Å². The molecule has 178 valence electrons. The molecule has 0 radical (unpaired) electrons. The predicted octanol–water partition coefficient (Wildman–Crippen LogP) is 3.84. The van der Waals surface area contributed by atoms with Gasteiger partial charge < -0.3 is 10.2 Å². The van der Waals surface area contributed by atoms with Gasteiger partial charge in [-0.1, -0.05) is 11.3 Å². The molecule has 3 fully saturated rings. The molecule has 0 aromatic carbocycles. The number of nitrogens with zero attached hydrogens (tertiary/aromatic N) is 4. The van der Waals surface area contributed by atoms with E-state index in [1.165, 1.54) is 17.5 Å². The van der Waals surface area contributed by atoms with Gasteiger partial charge in [0.25, 0.3) is 11.8 Å². The Morgan fingerprint density at radius 3 is 2.64 bits per heavy atom. The topological polar surface area (TPSA) is 61.4 Å². The standard InChI is InChI=1S/C22H25F4N5OS/c23-14-8-16(24)17(27-9-14)10-28-19(32)18-11-29-20(33-18)30-6-2-15(3-7-30)31-5-1-4-21(13-31)12-22(21,25)26/h8-9,11,15H,1-7,10,12-13H2,(H,28,32)/t21-/m0/s1. The molecule has 2 aromatic heterocycles. The second-order valence-electron chi connectivity index (χ2n) is 9.23. The number of alkyl halides is 2. The summed E-state index contributed by atoms with van der Waals surface area (Å²) in [5, 5.41) is 3.31. The Kier molecular flexibility index (Phi) is 5.80. The zero-order chi connectivity index (χ0) is 23.2. The van der Waals surface area contributed by atoms with Crippen LogP contribution in [0.5, 0.6) is 0 Å². The molecule has 2 aliphatic heterocycles. The van der Waals surface area contributed by atoms with Gasteiger partial charge in [-0.05, 0) is 32.2 Å². The maximum Gasteiger partial charge on any atom is 0.263 e. The smallest absolute Gasteiger partial charge is 0.263 e. The summed E-state index contributed by atoms with van der Waals surface area (Å²) in [6.45, 7) is 2.73. The Bertz CT molecular complexity index is 1040. The van der Waals surface area contributed by atoms with Crippen molar-refractivity contribution in [3.63, 3.8) is 0 Å². The normalized spacial score (nSPS) is 25.4. The summed E-state index contributed by atoms with van der Waals surface area (Å²) in [7, 11) is 0. The van der Waals surface area contributed by atoms with Crippen molar-refractivity contribution in [3.8, 4) is 0 Å². The quantitative estimate of drug-likeness (QED) is 0.655. The summed E-state index contributed by atoms with van der Waals surface area (Å²) in [5.74, 6) is -4.48. The molecule has 1 atom stereocenters. The van der Waals surface area contributed by atoms with E-state index in [0.29, 0.717) is 23.9 Å². The van der Waals surface area contributed by atoms with Crippen LogP contribution >= 0.6 is 11.3 Å². The van der Waals surface area contributed by atoms with E-state index in [2.05, 4.69) is 25.1 Å². The number of hydrogen-bond donors (Lipinski definition) is 1. The highest BCUT2D eigenvalue weighted by Crippen LogP contribution is 2.64. The van der Waals surface area contributed by atoms with Crippen LogP contribution in [0.15, 0.2) is 18.5 Å². The van der Waals surface area contributed by atoms with E-state index in [4.69, 9.17) is 0 Å². The fourth-order valence-electron chi connectivity index (χ4n) is 5.07. The number of hydrogen-bond acceptors (Lipinski definition) is 6. The molecule has 3 aliphatic rings. The Morgan fingerprint density at radius 1 is 1.18 bits per heavy atom. The van der Waals surface area contributed by atoms with E-state index in [1.54, 1.807) is 0 Å². The number of anilines is 1. The summed E-state index contributed by atoms with van der Waals surface area (Å²) in [5.41, 5.74) is -0.827. The second kappa shape index (κ2) is 8.50. The van der Waals surface area contributed by atoms with Gasteiger partial charge in [0, 0.05) is 38.2 Å². The van der Waals surface area contributed by atoms with Crippen LogP contribution in [0, 0.1) is 17.0 Å². The van der Waals surface area contributed by atoms with Gasteiger partial charge in [0.2, 0.25) is 0 Å². The minimum atomic E-state index is -2.50. The molecule has 6 nitrogen and oxygen atoms in total. The van der Waals surface area contributed by atoms with Gasteiger partial charge in [-0.15, -0.1) is 0 Å². The van der Waals surface area contributed by atoms with Gasteiger partial charge >= 0.3 is 0 Å². The number of thiazole rings is 1. The average molecular weight is 484 g/mol. The number of likely N-dealkylation sites (tertiary alicyclic amines) is 1. The minimum Gasteiger partial charge on any atom is -0.348 e. The molecule has 33 heavy (non-hydrogen) atoms. The first kappa shape index (κ1) is 22.5. The summed E-state index contributed by atoms with van der Waals surface area (Å²) in [6, 6.07) is 1.03. The third-order valence-corrected chi connectivity index (χ3v) is 8.14. The van der Waals surface area contributed by atoms with E-state index in [0.717, 1.165) is 56.3 Å². The van der Waals surface area contributed by atoms with Gasteiger partial charge in [-0.3, -0.25) is 14.7 Å². The van der Waals surface area contributed by atoms with Gasteiger partial charge in [0.15, 0.2) is 5.13 Å². The van der Waals surface area contributed by atoms with Crippen molar-refractivity contribution in [2.75, 3.05) is 31.1 Å². The zero-order valence-electron chi connectivity index (χ0n) is 18.0. The predicted molar refractivity (Wildman–Crippen MR) is 115 cm³/mol. The molecule has 4 heterocycles. The molecule has 1 saturated carbocycles. The van der Waals surface area contributed by atoms with Crippen molar-refractivity contribution in [3.05, 3.63) is 40.7 Å². The molecule has 1 amide bonds. The monoisotopic (exact) mass is 483 g/mol. The number of carbonyl (C=O) groups is 1. The van der Waals surface area contributed by atoms with E-state index >= 15 is 0 Å². The first-order chi connectivity index (χ1) is 15.8. The number of aromatic nitrogens is 2. The lowest BCUT2D eigenvalue weighted by molar-refractivity contribution is 0.00919. The summed E-state index contributed by atoms with van der Waals surface area (Å²) >= 11 is 1.25. The third kappa shape index (κ3) is 4.44. The molecule has 11 heteroatoms. The number of piperidine rings is 2. The Morgan fingerprint density at radius 2 is 1.94 bits per heavy atom. The van der Waals surface area contributed by atoms with E-state index in [9.17, 15) is 22.4 Å². The van der Waals surface area contributed by atoms with Crippen LogP contribution in [0.25, 0.3) is 0 Å². The van der Waals surface area contributed by atoms with Crippen molar-refractivity contribution in [2.24, 2.45) is 5.41 Å². The molecule has 1 N–H and O–H groups in total. The van der Waals surface area contributed by atoms with Crippen LogP contribution in [0.2, 0.25) is 0 Å². The van der Waals surface area contributed by atoms with Crippen LogP contribution in [0.1, 0.15) is 47.5 Å². The molecular formula is C22H25F4N5OS. The molecule has 0 unspecified atom stereocenters. The van der Waals surface area contributed by atoms with Crippen molar-refractivity contribution < 1.29 is 22.4 Å². The fourth-order valence-corrected chi connectivity index (χ4v) is 5.95. The first-order valence-corrected chi connectivity index (χ1v) is 12.0. The zero-order valence-corrected chi connectivity index (χ0v) is 18.8. The summed E-state index contributed by atoms with van der Waals surface area (Å²) < 4.78 is 54.3. The number of nitrogens with one attached hydrogen (secondary N) is 1. The summed E-state index contributed by atoms with van der Waals surface area (Å²) in [4.78, 5) is 25.2. The van der Waals surface area contributed by atoms with Crippen molar-refractivity contribution in [2.45, 2.75) is 50.6 Å². The van der Waals surface area contributed by atoms with Crippen molar-refractivity contribution in [1.82, 2.24) is 20.2 Å². The molecular weight excluding hydrogens is 458 g/mol. The number of amides is 1. The van der Waals surface area contributed by atoms with E-state index in [1.807, 2.05) is 0 Å². The summed E-state index contributed by atoms with van der Waals surface area (Å²) in [6.07, 6.45) is 5.62. The lowest BCUT2D eigenvalue weighted by atomic mass is 9.91. The number of pyridine rings is 1. The first-order valence-electron chi connectivity index (χ1n) is 11.2. The van der Waals surface area contributed by atoms with Gasteiger partial charge in [-0.2, -0.15) is 0 Å². The maximum atomic E-state index is 13.8. The minimum absolute atomic E-state index is 0.0309. The molecule has 1 aliphatic carbocycles. The highest BCUT2D eigenvalue weighted by molar-refractivity contribution is 7.17. The van der Waals surface area contributed by atoms with Crippen LogP contribution in [-0.2, 0) is 6.54 Å². The number of carbonyl (C=O) groups excluding carboxylic acids is 1. The molecule has 2 saturated heterocycles. The van der Waals surface area contributed by atoms with Crippen LogP contribution in [0.4, 0.5) is 22.7 Å².